The first-order chi connectivity index (χ1) is 34.9. The Morgan fingerprint density at radius 3 is 0.917 bits per heavy atom. The van der Waals surface area contributed by atoms with Crippen LogP contribution in [-0.2, 0) is 6.18 Å². The monoisotopic (exact) mass is 937 g/mol. The van der Waals surface area contributed by atoms with Crippen molar-refractivity contribution in [1.29, 1.82) is 5.26 Å². The second-order valence-corrected chi connectivity index (χ2v) is 19.1. The summed E-state index contributed by atoms with van der Waals surface area (Å²) in [5, 5.41) is 13.4. The molecule has 0 aliphatic heterocycles. The smallest absolute Gasteiger partial charge is 0.309 e. The Kier molecular flexibility index (Phi) is 10.6. The van der Waals surface area contributed by atoms with Gasteiger partial charge >= 0.3 is 6.18 Å². The number of rotatable bonds is 7. The van der Waals surface area contributed by atoms with Crippen molar-refractivity contribution in [1.82, 2.24) is 9.13 Å². The van der Waals surface area contributed by atoms with Gasteiger partial charge in [-0.3, -0.25) is 0 Å². The maximum Gasteiger partial charge on any atom is 0.420 e. The maximum atomic E-state index is 16.9. The minimum Gasteiger partial charge on any atom is -0.309 e. The lowest BCUT2D eigenvalue weighted by atomic mass is 9.97. The summed E-state index contributed by atoms with van der Waals surface area (Å²) in [5.41, 5.74) is 15.7. The van der Waals surface area contributed by atoms with E-state index in [2.05, 4.69) is 155 Å². The topological polar surface area (TPSA) is 33.6 Å². The molecular weight excluding hydrogens is 892 g/mol. The molecule has 6 heteroatoms. The molecule has 346 valence electrons. The molecule has 0 fully saturated rings. The summed E-state index contributed by atoms with van der Waals surface area (Å²) in [6.07, 6.45) is -4.85. The highest BCUT2D eigenvalue weighted by atomic mass is 19.4. The predicted octanol–water partition coefficient (Wildman–Crippen LogP) is 18.3. The molecule has 0 spiro atoms. The fourth-order valence-corrected chi connectivity index (χ4v) is 10.5. The lowest BCUT2D eigenvalue weighted by Crippen LogP contribution is -2.16. The van der Waals surface area contributed by atoms with Crippen molar-refractivity contribution in [2.24, 2.45) is 0 Å². The standard InChI is InChI=1S/C66H46F3N3/c1-40-8-16-45(17-9-40)50-24-28-59-55(33-50)56-34-51(46-18-10-41(2)11-19-46)25-29-60(56)71(59)63-37-54(49-7-5-6-44(32-49)39-70)38-64(65(63)66(67,68)69)72-61-30-26-52(47-20-12-42(3)13-21-47)35-57(61)58-36-53(27-31-62(58)72)48-22-14-43(4)15-23-48/h5-38H,1-4H3. The van der Waals surface area contributed by atoms with Crippen molar-refractivity contribution in [3.05, 3.63) is 240 Å². The molecule has 10 aromatic carbocycles. The lowest BCUT2D eigenvalue weighted by Gasteiger charge is -2.23. The van der Waals surface area contributed by atoms with Crippen molar-refractivity contribution in [2.75, 3.05) is 0 Å². The first-order valence-corrected chi connectivity index (χ1v) is 24.1. The molecule has 0 N–H and O–H groups in total. The summed E-state index contributed by atoms with van der Waals surface area (Å²) < 4.78 is 54.4. The van der Waals surface area contributed by atoms with Gasteiger partial charge in [0, 0.05) is 21.5 Å². The molecule has 2 aromatic heterocycles. The number of aryl methyl sites for hydroxylation is 4. The quantitative estimate of drug-likeness (QED) is 0.157. The number of halogens is 3. The van der Waals surface area contributed by atoms with Gasteiger partial charge in [-0.25, -0.2) is 0 Å². The van der Waals surface area contributed by atoms with Crippen LogP contribution in [0.25, 0.3) is 111 Å². The zero-order chi connectivity index (χ0) is 49.4. The minimum absolute atomic E-state index is 0.0221. The summed E-state index contributed by atoms with van der Waals surface area (Å²) in [5.74, 6) is 0. The van der Waals surface area contributed by atoms with Crippen LogP contribution < -0.4 is 0 Å². The molecule has 0 bridgehead atoms. The van der Waals surface area contributed by atoms with Gasteiger partial charge in [-0.1, -0.05) is 156 Å². The highest BCUT2D eigenvalue weighted by Gasteiger charge is 2.40. The van der Waals surface area contributed by atoms with Crippen molar-refractivity contribution < 1.29 is 13.2 Å². The van der Waals surface area contributed by atoms with Gasteiger partial charge in [0.05, 0.1) is 45.1 Å². The van der Waals surface area contributed by atoms with E-state index in [1.54, 1.807) is 39.5 Å². The molecule has 0 aliphatic carbocycles. The van der Waals surface area contributed by atoms with E-state index in [4.69, 9.17) is 0 Å². The zero-order valence-corrected chi connectivity index (χ0v) is 40.1. The predicted molar refractivity (Wildman–Crippen MR) is 291 cm³/mol. The van der Waals surface area contributed by atoms with Gasteiger partial charge in [-0.15, -0.1) is 0 Å². The molecule has 12 rings (SSSR count). The van der Waals surface area contributed by atoms with Crippen molar-refractivity contribution in [3.8, 4) is 73.1 Å². The van der Waals surface area contributed by atoms with E-state index >= 15 is 13.2 Å². The minimum atomic E-state index is -4.85. The highest BCUT2D eigenvalue weighted by Crippen LogP contribution is 2.48. The summed E-state index contributed by atoms with van der Waals surface area (Å²) in [6.45, 7) is 8.20. The van der Waals surface area contributed by atoms with Crippen molar-refractivity contribution in [2.45, 2.75) is 33.9 Å². The molecule has 0 aliphatic rings. The Hall–Kier alpha value is -8.92. The fraction of sp³-hybridized carbons (Fsp3) is 0.0758. The second-order valence-electron chi connectivity index (χ2n) is 19.1. The molecule has 0 saturated carbocycles. The van der Waals surface area contributed by atoms with Gasteiger partial charge in [-0.2, -0.15) is 18.4 Å². The Morgan fingerprint density at radius 1 is 0.333 bits per heavy atom. The number of nitrogens with zero attached hydrogens (tertiary/aromatic N) is 3. The van der Waals surface area contributed by atoms with Gasteiger partial charge in [0.25, 0.3) is 0 Å². The van der Waals surface area contributed by atoms with Crippen LogP contribution in [0, 0.1) is 39.0 Å². The number of fused-ring (bicyclic) bond motifs is 6. The molecule has 12 aromatic rings. The van der Waals surface area contributed by atoms with Crippen LogP contribution in [0.5, 0.6) is 0 Å². The van der Waals surface area contributed by atoms with Gasteiger partial charge in [-0.05, 0) is 156 Å². The molecule has 0 amide bonds. The van der Waals surface area contributed by atoms with E-state index in [1.807, 2.05) is 54.6 Å². The molecule has 72 heavy (non-hydrogen) atoms. The van der Waals surface area contributed by atoms with E-state index in [0.29, 0.717) is 38.8 Å². The van der Waals surface area contributed by atoms with Crippen molar-refractivity contribution in [3.63, 3.8) is 0 Å². The Bertz CT molecular complexity index is 3710. The maximum absolute atomic E-state index is 16.9. The summed E-state index contributed by atoms with van der Waals surface area (Å²) in [6, 6.07) is 70.2. The first-order valence-electron chi connectivity index (χ1n) is 24.1. The SMILES string of the molecule is Cc1ccc(-c2ccc3c(c2)c2cc(-c4ccc(C)cc4)ccc2n3-c2cc(-c3cccc(C#N)c3)cc(-n3c4ccc(-c5ccc(C)cc5)cc4c4cc(-c5ccc(C)cc5)ccc43)c2C(F)(F)F)cc1. The number of hydrogen-bond donors (Lipinski definition) is 0. The van der Waals surface area contributed by atoms with E-state index in [0.717, 1.165) is 88.3 Å². The normalized spacial score (nSPS) is 11.8. The first kappa shape index (κ1) is 44.3. The second kappa shape index (κ2) is 17.2. The van der Waals surface area contributed by atoms with Crippen LogP contribution in [0.4, 0.5) is 13.2 Å². The van der Waals surface area contributed by atoms with Crippen molar-refractivity contribution >= 4 is 43.6 Å². The Balaban J connectivity index is 1.20. The van der Waals surface area contributed by atoms with Crippen LogP contribution in [0.3, 0.4) is 0 Å². The third-order valence-electron chi connectivity index (χ3n) is 14.3. The Morgan fingerprint density at radius 2 is 0.625 bits per heavy atom. The summed E-state index contributed by atoms with van der Waals surface area (Å²) >= 11 is 0. The fourth-order valence-electron chi connectivity index (χ4n) is 10.5. The molecule has 0 saturated heterocycles. The average molecular weight is 938 g/mol. The van der Waals surface area contributed by atoms with Gasteiger partial charge in [0.1, 0.15) is 5.56 Å². The molecular formula is C66H46F3N3. The van der Waals surface area contributed by atoms with E-state index < -0.39 is 11.7 Å². The van der Waals surface area contributed by atoms with Crippen LogP contribution in [0.15, 0.2) is 206 Å². The summed E-state index contributed by atoms with van der Waals surface area (Å²) in [7, 11) is 0. The third kappa shape index (κ3) is 7.71. The molecule has 3 nitrogen and oxygen atoms in total. The van der Waals surface area contributed by atoms with Crippen LogP contribution in [0.2, 0.25) is 0 Å². The largest absolute Gasteiger partial charge is 0.420 e. The molecule has 0 atom stereocenters. The van der Waals surface area contributed by atoms with Crippen LogP contribution in [0.1, 0.15) is 33.4 Å². The lowest BCUT2D eigenvalue weighted by molar-refractivity contribution is -0.137. The molecule has 0 radical (unpaired) electrons. The van der Waals surface area contributed by atoms with E-state index in [9.17, 15) is 5.26 Å². The van der Waals surface area contributed by atoms with Crippen LogP contribution >= 0.6 is 0 Å². The zero-order valence-electron chi connectivity index (χ0n) is 40.1. The Labute approximate surface area is 415 Å². The highest BCUT2D eigenvalue weighted by molar-refractivity contribution is 6.14. The van der Waals surface area contributed by atoms with Gasteiger partial charge in [0.2, 0.25) is 0 Å². The van der Waals surface area contributed by atoms with E-state index in [1.165, 1.54) is 0 Å². The molecule has 0 unspecified atom stereocenters. The van der Waals surface area contributed by atoms with Gasteiger partial charge in [0.15, 0.2) is 0 Å². The third-order valence-corrected chi connectivity index (χ3v) is 14.3. The molecule has 2 heterocycles. The number of hydrogen-bond acceptors (Lipinski definition) is 1. The number of benzene rings is 10. The number of alkyl halides is 3. The van der Waals surface area contributed by atoms with Gasteiger partial charge < -0.3 is 9.13 Å². The van der Waals surface area contributed by atoms with Crippen LogP contribution in [-0.4, -0.2) is 9.13 Å². The average Bonchev–Trinajstić information content (AvgIpc) is 3.90. The van der Waals surface area contributed by atoms with E-state index in [-0.39, 0.29) is 11.4 Å². The summed E-state index contributed by atoms with van der Waals surface area (Å²) in [4.78, 5) is 0. The number of aromatic nitrogens is 2. The number of nitriles is 1.